The Bertz CT molecular complexity index is 227. The van der Waals surface area contributed by atoms with Gasteiger partial charge in [0.15, 0.2) is 5.15 Å². The summed E-state index contributed by atoms with van der Waals surface area (Å²) in [5.41, 5.74) is 5.28. The number of nitrogens with zero attached hydrogens (tertiary/aromatic N) is 2. The Balaban J connectivity index is 2.37. The van der Waals surface area contributed by atoms with E-state index in [1.54, 1.807) is 12.1 Å². The molecule has 1 rings (SSSR count). The number of halogens is 1. The first kappa shape index (κ1) is 9.22. The maximum Gasteiger partial charge on any atom is 0.233 e. The van der Waals surface area contributed by atoms with E-state index in [0.717, 1.165) is 6.42 Å². The summed E-state index contributed by atoms with van der Waals surface area (Å²) in [6.45, 7) is 1.17. The van der Waals surface area contributed by atoms with Crippen LogP contribution in [0, 0.1) is 0 Å². The zero-order valence-corrected chi connectivity index (χ0v) is 7.29. The van der Waals surface area contributed by atoms with E-state index in [1.807, 2.05) is 0 Å². The zero-order chi connectivity index (χ0) is 8.81. The molecule has 1 aromatic rings. The fourth-order valence-electron chi connectivity index (χ4n) is 0.641. The standard InChI is InChI=1S/C7H10ClN3O/c8-6-2-3-7(11-10-6)12-5-1-4-9/h2-3H,1,4-5,9H2. The van der Waals surface area contributed by atoms with Crippen molar-refractivity contribution in [2.45, 2.75) is 6.42 Å². The van der Waals surface area contributed by atoms with Crippen molar-refractivity contribution in [2.75, 3.05) is 13.2 Å². The molecule has 1 heterocycles. The molecule has 0 amide bonds. The lowest BCUT2D eigenvalue weighted by molar-refractivity contribution is 0.298. The monoisotopic (exact) mass is 187 g/mol. The summed E-state index contributed by atoms with van der Waals surface area (Å²) in [5.74, 6) is 0.479. The SMILES string of the molecule is NCCCOc1ccc(Cl)nn1. The molecular weight excluding hydrogens is 178 g/mol. The van der Waals surface area contributed by atoms with Crippen LogP contribution in [0.5, 0.6) is 5.88 Å². The zero-order valence-electron chi connectivity index (χ0n) is 6.53. The van der Waals surface area contributed by atoms with Gasteiger partial charge in [-0.1, -0.05) is 11.6 Å². The molecule has 0 aromatic carbocycles. The third kappa shape index (κ3) is 3.02. The smallest absolute Gasteiger partial charge is 0.233 e. The van der Waals surface area contributed by atoms with Crippen LogP contribution in [0.1, 0.15) is 6.42 Å². The summed E-state index contributed by atoms with van der Waals surface area (Å²) in [6, 6.07) is 3.30. The van der Waals surface area contributed by atoms with Crippen LogP contribution < -0.4 is 10.5 Å². The number of ether oxygens (including phenoxy) is 1. The predicted octanol–water partition coefficient (Wildman–Crippen LogP) is 0.858. The Morgan fingerprint density at radius 1 is 1.42 bits per heavy atom. The number of rotatable bonds is 4. The Kier molecular flexibility index (Phi) is 3.76. The van der Waals surface area contributed by atoms with Crippen molar-refractivity contribution in [1.82, 2.24) is 10.2 Å². The van der Waals surface area contributed by atoms with E-state index in [-0.39, 0.29) is 0 Å². The molecule has 2 N–H and O–H groups in total. The Hall–Kier alpha value is -0.870. The second-order valence-electron chi connectivity index (χ2n) is 2.18. The second-order valence-corrected chi connectivity index (χ2v) is 2.57. The Labute approximate surface area is 75.7 Å². The van der Waals surface area contributed by atoms with E-state index in [1.165, 1.54) is 0 Å². The van der Waals surface area contributed by atoms with Crippen LogP contribution in [0.25, 0.3) is 0 Å². The molecule has 0 fully saturated rings. The molecular formula is C7H10ClN3O. The van der Waals surface area contributed by atoms with Crippen LogP contribution >= 0.6 is 11.6 Å². The van der Waals surface area contributed by atoms with Crippen molar-refractivity contribution >= 4 is 11.6 Å². The normalized spacial score (nSPS) is 9.83. The average molecular weight is 188 g/mol. The van der Waals surface area contributed by atoms with Gasteiger partial charge in [0, 0.05) is 6.07 Å². The van der Waals surface area contributed by atoms with Crippen molar-refractivity contribution in [3.63, 3.8) is 0 Å². The number of nitrogens with two attached hydrogens (primary N) is 1. The van der Waals surface area contributed by atoms with Gasteiger partial charge in [-0.25, -0.2) is 0 Å². The van der Waals surface area contributed by atoms with Gasteiger partial charge in [0.25, 0.3) is 0 Å². The Morgan fingerprint density at radius 3 is 2.83 bits per heavy atom. The average Bonchev–Trinajstić information content (AvgIpc) is 2.09. The Morgan fingerprint density at radius 2 is 2.25 bits per heavy atom. The van der Waals surface area contributed by atoms with E-state index >= 15 is 0 Å². The van der Waals surface area contributed by atoms with Crippen LogP contribution in [-0.2, 0) is 0 Å². The molecule has 0 saturated carbocycles. The summed E-state index contributed by atoms with van der Waals surface area (Å²) < 4.78 is 5.19. The summed E-state index contributed by atoms with van der Waals surface area (Å²) in [6.07, 6.45) is 0.810. The van der Waals surface area contributed by atoms with Crippen LogP contribution in [0.3, 0.4) is 0 Å². The third-order valence-corrected chi connectivity index (χ3v) is 1.41. The third-order valence-electron chi connectivity index (χ3n) is 1.21. The quantitative estimate of drug-likeness (QED) is 0.711. The van der Waals surface area contributed by atoms with Crippen LogP contribution in [0.2, 0.25) is 5.15 Å². The van der Waals surface area contributed by atoms with Gasteiger partial charge in [-0.15, -0.1) is 10.2 Å². The highest BCUT2D eigenvalue weighted by atomic mass is 35.5. The molecule has 66 valence electrons. The fourth-order valence-corrected chi connectivity index (χ4v) is 0.742. The molecule has 0 unspecified atom stereocenters. The highest BCUT2D eigenvalue weighted by molar-refractivity contribution is 6.29. The van der Waals surface area contributed by atoms with Crippen molar-refractivity contribution < 1.29 is 4.74 Å². The summed E-state index contributed by atoms with van der Waals surface area (Å²) >= 11 is 5.52. The summed E-state index contributed by atoms with van der Waals surface area (Å²) in [7, 11) is 0. The van der Waals surface area contributed by atoms with E-state index in [2.05, 4.69) is 10.2 Å². The molecule has 0 aliphatic heterocycles. The molecule has 0 atom stereocenters. The molecule has 0 aliphatic rings. The molecule has 0 spiro atoms. The van der Waals surface area contributed by atoms with Gasteiger partial charge >= 0.3 is 0 Å². The lowest BCUT2D eigenvalue weighted by Gasteiger charge is -2.01. The molecule has 5 heteroatoms. The fraction of sp³-hybridized carbons (Fsp3) is 0.429. The van der Waals surface area contributed by atoms with E-state index < -0.39 is 0 Å². The van der Waals surface area contributed by atoms with Crippen LogP contribution in [-0.4, -0.2) is 23.3 Å². The van der Waals surface area contributed by atoms with Gasteiger partial charge in [0.1, 0.15) is 0 Å². The van der Waals surface area contributed by atoms with Crippen LogP contribution in [0.4, 0.5) is 0 Å². The predicted molar refractivity (Wildman–Crippen MR) is 46.2 cm³/mol. The van der Waals surface area contributed by atoms with E-state index in [9.17, 15) is 0 Å². The van der Waals surface area contributed by atoms with E-state index in [4.69, 9.17) is 22.1 Å². The number of hydrogen-bond donors (Lipinski definition) is 1. The van der Waals surface area contributed by atoms with Gasteiger partial charge in [0.2, 0.25) is 5.88 Å². The second kappa shape index (κ2) is 4.90. The number of hydrogen-bond acceptors (Lipinski definition) is 4. The first-order valence-electron chi connectivity index (χ1n) is 3.65. The minimum Gasteiger partial charge on any atom is -0.477 e. The first-order chi connectivity index (χ1) is 5.83. The van der Waals surface area contributed by atoms with E-state index in [0.29, 0.717) is 24.2 Å². The molecule has 0 aliphatic carbocycles. The molecule has 0 saturated heterocycles. The largest absolute Gasteiger partial charge is 0.477 e. The van der Waals surface area contributed by atoms with Crippen molar-refractivity contribution in [3.8, 4) is 5.88 Å². The lowest BCUT2D eigenvalue weighted by atomic mass is 10.5. The van der Waals surface area contributed by atoms with Crippen molar-refractivity contribution in [1.29, 1.82) is 0 Å². The lowest BCUT2D eigenvalue weighted by Crippen LogP contribution is -2.06. The molecule has 0 radical (unpaired) electrons. The van der Waals surface area contributed by atoms with Crippen molar-refractivity contribution in [2.24, 2.45) is 5.73 Å². The molecule has 12 heavy (non-hydrogen) atoms. The van der Waals surface area contributed by atoms with Gasteiger partial charge in [-0.2, -0.15) is 0 Å². The van der Waals surface area contributed by atoms with Gasteiger partial charge in [-0.05, 0) is 19.0 Å². The van der Waals surface area contributed by atoms with Crippen molar-refractivity contribution in [3.05, 3.63) is 17.3 Å². The molecule has 1 aromatic heterocycles. The summed E-state index contributed by atoms with van der Waals surface area (Å²) in [5, 5.41) is 7.68. The van der Waals surface area contributed by atoms with Gasteiger partial charge in [0.05, 0.1) is 6.61 Å². The topological polar surface area (TPSA) is 61.0 Å². The maximum atomic E-state index is 5.52. The van der Waals surface area contributed by atoms with Gasteiger partial charge in [-0.3, -0.25) is 0 Å². The van der Waals surface area contributed by atoms with Gasteiger partial charge < -0.3 is 10.5 Å². The highest BCUT2D eigenvalue weighted by Gasteiger charge is 1.94. The highest BCUT2D eigenvalue weighted by Crippen LogP contribution is 2.07. The maximum absolute atomic E-state index is 5.52. The molecule has 4 nitrogen and oxygen atoms in total. The molecule has 0 bridgehead atoms. The first-order valence-corrected chi connectivity index (χ1v) is 4.03. The number of aromatic nitrogens is 2. The minimum atomic E-state index is 0.362. The minimum absolute atomic E-state index is 0.362. The van der Waals surface area contributed by atoms with Crippen LogP contribution in [0.15, 0.2) is 12.1 Å². The summed E-state index contributed by atoms with van der Waals surface area (Å²) in [4.78, 5) is 0.